The molecule has 10 heavy (non-hydrogen) atoms. The van der Waals surface area contributed by atoms with E-state index >= 15 is 0 Å². The van der Waals surface area contributed by atoms with Crippen molar-refractivity contribution >= 4 is 17.0 Å². The zero-order chi connectivity index (χ0) is 8.15. The van der Waals surface area contributed by atoms with Gasteiger partial charge in [-0.15, -0.1) is 0 Å². The zero-order valence-corrected chi connectivity index (χ0v) is 6.22. The van der Waals surface area contributed by atoms with Crippen LogP contribution < -0.4 is 5.32 Å². The molecule has 0 amide bonds. The van der Waals surface area contributed by atoms with Crippen molar-refractivity contribution in [1.29, 1.82) is 0 Å². The minimum absolute atomic E-state index is 0.286. The predicted octanol–water partition coefficient (Wildman–Crippen LogP) is -1.12. The summed E-state index contributed by atoms with van der Waals surface area (Å²) in [5.74, 6) is -1.41. The summed E-state index contributed by atoms with van der Waals surface area (Å²) in [6, 6.07) is -0.939. The van der Waals surface area contributed by atoms with Crippen LogP contribution in [0.4, 0.5) is 0 Å². The first-order chi connectivity index (χ1) is 4.57. The van der Waals surface area contributed by atoms with Gasteiger partial charge in [-0.1, -0.05) is 0 Å². The molecule has 6 heteroatoms. The van der Waals surface area contributed by atoms with Crippen LogP contribution in [0.25, 0.3) is 0 Å². The minimum Gasteiger partial charge on any atom is -0.480 e. The molecule has 5 nitrogen and oxygen atoms in total. The average molecular weight is 167 g/mol. The van der Waals surface area contributed by atoms with E-state index in [4.69, 9.17) is 9.66 Å². The molecular weight excluding hydrogens is 158 g/mol. The molecule has 60 valence electrons. The van der Waals surface area contributed by atoms with Gasteiger partial charge in [0, 0.05) is 0 Å². The summed E-state index contributed by atoms with van der Waals surface area (Å²) in [5.41, 5.74) is 0. The number of rotatable bonds is 4. The first kappa shape index (κ1) is 9.54. The van der Waals surface area contributed by atoms with Crippen LogP contribution in [0.5, 0.6) is 0 Å². The van der Waals surface area contributed by atoms with Gasteiger partial charge in [0.25, 0.3) is 0 Å². The summed E-state index contributed by atoms with van der Waals surface area (Å²) >= 11 is -2.06. The van der Waals surface area contributed by atoms with Crippen LogP contribution in [-0.4, -0.2) is 38.7 Å². The van der Waals surface area contributed by atoms with Gasteiger partial charge < -0.3 is 15.0 Å². The third kappa shape index (κ3) is 3.54. The fourth-order valence-corrected chi connectivity index (χ4v) is 1.02. The quantitative estimate of drug-likeness (QED) is 0.462. The molecule has 0 aromatic rings. The Morgan fingerprint density at radius 2 is 2.30 bits per heavy atom. The first-order valence-corrected chi connectivity index (χ1v) is 3.83. The number of carbonyl (C=O) groups is 1. The molecule has 0 aromatic heterocycles. The van der Waals surface area contributed by atoms with Gasteiger partial charge >= 0.3 is 5.97 Å². The molecule has 0 aliphatic rings. The van der Waals surface area contributed by atoms with Crippen molar-refractivity contribution in [2.75, 3.05) is 12.8 Å². The normalized spacial score (nSPS) is 16.2. The summed E-state index contributed by atoms with van der Waals surface area (Å²) in [7, 11) is 1.42. The average Bonchev–Trinajstić information content (AvgIpc) is 1.81. The Hall–Kier alpha value is -0.460. The van der Waals surface area contributed by atoms with Crippen LogP contribution in [0.2, 0.25) is 0 Å². The Labute approximate surface area is 60.7 Å². The molecule has 0 aromatic carbocycles. The van der Waals surface area contributed by atoms with E-state index in [9.17, 15) is 9.00 Å². The maximum absolute atomic E-state index is 10.2. The molecule has 3 N–H and O–H groups in total. The van der Waals surface area contributed by atoms with Gasteiger partial charge in [-0.3, -0.25) is 4.79 Å². The Morgan fingerprint density at radius 1 is 1.80 bits per heavy atom. The van der Waals surface area contributed by atoms with Crippen LogP contribution in [0, 0.1) is 0 Å². The highest BCUT2D eigenvalue weighted by atomic mass is 32.2. The van der Waals surface area contributed by atoms with Crippen molar-refractivity contribution in [2.24, 2.45) is 0 Å². The second kappa shape index (κ2) is 4.37. The molecule has 0 heterocycles. The minimum atomic E-state index is -2.06. The number of likely N-dealkylation sites (N-methyl/N-ethyl adjacent to an activating group) is 1. The molecule has 0 aliphatic heterocycles. The lowest BCUT2D eigenvalue weighted by Crippen LogP contribution is -2.38. The van der Waals surface area contributed by atoms with E-state index in [1.807, 2.05) is 0 Å². The molecule has 0 fully saturated rings. The molecule has 1 unspecified atom stereocenters. The molecule has 0 rings (SSSR count). The largest absolute Gasteiger partial charge is 0.480 e. The van der Waals surface area contributed by atoms with Gasteiger partial charge in [0.2, 0.25) is 0 Å². The number of hydrogen-bond acceptors (Lipinski definition) is 3. The molecule has 0 saturated carbocycles. The Morgan fingerprint density at radius 3 is 2.40 bits per heavy atom. The van der Waals surface area contributed by atoms with Gasteiger partial charge in [-0.2, -0.15) is 0 Å². The van der Waals surface area contributed by atoms with E-state index in [1.54, 1.807) is 0 Å². The van der Waals surface area contributed by atoms with E-state index in [1.165, 1.54) is 7.05 Å². The standard InChI is InChI=1S/C4H9NO4S/c1-5-3(4(6)7)2-10(8)9/h3,5H,2H2,1H3,(H,6,7)(H,8,9)/t3-/m1/s1. The van der Waals surface area contributed by atoms with E-state index < -0.39 is 23.1 Å². The summed E-state index contributed by atoms with van der Waals surface area (Å²) in [6.07, 6.45) is 0. The third-order valence-corrected chi connectivity index (χ3v) is 1.57. The molecule has 0 saturated heterocycles. The molecule has 0 bridgehead atoms. The lowest BCUT2D eigenvalue weighted by Gasteiger charge is -2.06. The van der Waals surface area contributed by atoms with Crippen molar-refractivity contribution < 1.29 is 18.7 Å². The second-order valence-corrected chi connectivity index (χ2v) is 2.64. The van der Waals surface area contributed by atoms with Crippen LogP contribution in [0.15, 0.2) is 0 Å². The van der Waals surface area contributed by atoms with Crippen LogP contribution in [0.1, 0.15) is 0 Å². The highest BCUT2D eigenvalue weighted by Gasteiger charge is 2.16. The molecular formula is C4H9NO4S. The summed E-state index contributed by atoms with van der Waals surface area (Å²) in [5, 5.41) is 10.7. The predicted molar refractivity (Wildman–Crippen MR) is 36.1 cm³/mol. The third-order valence-electron chi connectivity index (χ3n) is 0.956. The highest BCUT2D eigenvalue weighted by Crippen LogP contribution is 1.85. The van der Waals surface area contributed by atoms with Crippen molar-refractivity contribution in [3.63, 3.8) is 0 Å². The van der Waals surface area contributed by atoms with Crippen molar-refractivity contribution in [1.82, 2.24) is 5.32 Å². The van der Waals surface area contributed by atoms with Crippen molar-refractivity contribution in [3.8, 4) is 0 Å². The van der Waals surface area contributed by atoms with Crippen LogP contribution in [-0.2, 0) is 15.9 Å². The highest BCUT2D eigenvalue weighted by molar-refractivity contribution is 7.79. The number of aliphatic carboxylic acids is 1. The van der Waals surface area contributed by atoms with Gasteiger partial charge in [0.1, 0.15) is 6.04 Å². The fourth-order valence-electron chi connectivity index (χ4n) is 0.421. The van der Waals surface area contributed by atoms with Crippen LogP contribution in [0.3, 0.4) is 0 Å². The smallest absolute Gasteiger partial charge is 0.321 e. The summed E-state index contributed by atoms with van der Waals surface area (Å²) < 4.78 is 18.4. The number of hydrogen-bond donors (Lipinski definition) is 3. The maximum atomic E-state index is 10.2. The SMILES string of the molecule is CN[C@H](CS(=O)O)C(=O)O. The Balaban J connectivity index is 3.83. The number of carboxylic acids is 1. The van der Waals surface area contributed by atoms with E-state index in [0.717, 1.165) is 0 Å². The summed E-state index contributed by atoms with van der Waals surface area (Å²) in [4.78, 5) is 10.2. The van der Waals surface area contributed by atoms with E-state index in [-0.39, 0.29) is 5.75 Å². The van der Waals surface area contributed by atoms with Gasteiger partial charge in [0.15, 0.2) is 11.1 Å². The van der Waals surface area contributed by atoms with Crippen molar-refractivity contribution in [3.05, 3.63) is 0 Å². The van der Waals surface area contributed by atoms with Gasteiger partial charge in [-0.25, -0.2) is 4.21 Å². The molecule has 0 radical (unpaired) electrons. The lowest BCUT2D eigenvalue weighted by molar-refractivity contribution is -0.138. The lowest BCUT2D eigenvalue weighted by atomic mass is 10.3. The molecule has 2 atom stereocenters. The molecule has 0 aliphatic carbocycles. The number of nitrogens with one attached hydrogen (secondary N) is 1. The zero-order valence-electron chi connectivity index (χ0n) is 5.40. The first-order valence-electron chi connectivity index (χ1n) is 2.55. The fraction of sp³-hybridized carbons (Fsp3) is 0.750. The molecule has 0 spiro atoms. The van der Waals surface area contributed by atoms with E-state index in [0.29, 0.717) is 0 Å². The maximum Gasteiger partial charge on any atom is 0.321 e. The Kier molecular flexibility index (Phi) is 4.17. The second-order valence-electron chi connectivity index (χ2n) is 1.67. The Bertz CT molecular complexity index is 148. The van der Waals surface area contributed by atoms with Gasteiger partial charge in [-0.05, 0) is 7.05 Å². The number of carboxylic acid groups (broad SMARTS) is 1. The monoisotopic (exact) mass is 167 g/mol. The van der Waals surface area contributed by atoms with Crippen LogP contribution >= 0.6 is 0 Å². The summed E-state index contributed by atoms with van der Waals surface area (Å²) in [6.45, 7) is 0. The van der Waals surface area contributed by atoms with Crippen molar-refractivity contribution in [2.45, 2.75) is 6.04 Å². The van der Waals surface area contributed by atoms with Gasteiger partial charge in [0.05, 0.1) is 5.75 Å². The van der Waals surface area contributed by atoms with E-state index in [2.05, 4.69) is 5.32 Å². The topological polar surface area (TPSA) is 86.6 Å².